The van der Waals surface area contributed by atoms with Crippen LogP contribution in [0.3, 0.4) is 0 Å². The predicted molar refractivity (Wildman–Crippen MR) is 99.9 cm³/mol. The van der Waals surface area contributed by atoms with Gasteiger partial charge in [-0.15, -0.1) is 11.8 Å². The molecule has 2 rings (SSSR count). The Balaban J connectivity index is 1.88. The third kappa shape index (κ3) is 5.92. The molecule has 0 bridgehead atoms. The van der Waals surface area contributed by atoms with Crippen molar-refractivity contribution in [2.75, 3.05) is 25.4 Å². The first-order valence-corrected chi connectivity index (χ1v) is 9.45. The molecular formula is C17H21N3O7S. The molecule has 1 aliphatic rings. The Morgan fingerprint density at radius 1 is 1.32 bits per heavy atom. The highest BCUT2D eigenvalue weighted by Crippen LogP contribution is 2.30. The van der Waals surface area contributed by atoms with Crippen molar-refractivity contribution in [2.45, 2.75) is 31.0 Å². The molecule has 2 amide bonds. The number of amides is 2. The largest absolute Gasteiger partial charge is 0.455 e. The normalized spacial score (nSPS) is 19.1. The molecule has 1 aliphatic heterocycles. The first kappa shape index (κ1) is 21.6. The maximum Gasteiger partial charge on any atom is 0.316 e. The van der Waals surface area contributed by atoms with E-state index in [0.717, 1.165) is 17.8 Å². The van der Waals surface area contributed by atoms with E-state index in [4.69, 9.17) is 15.2 Å². The van der Waals surface area contributed by atoms with Crippen molar-refractivity contribution in [1.82, 2.24) is 4.90 Å². The van der Waals surface area contributed by atoms with E-state index in [0.29, 0.717) is 13.1 Å². The molecule has 28 heavy (non-hydrogen) atoms. The summed E-state index contributed by atoms with van der Waals surface area (Å²) in [5, 5.41) is 11.1. The van der Waals surface area contributed by atoms with E-state index in [-0.39, 0.29) is 40.0 Å². The van der Waals surface area contributed by atoms with Crippen molar-refractivity contribution in [3.05, 3.63) is 33.9 Å². The van der Waals surface area contributed by atoms with E-state index in [9.17, 15) is 24.5 Å². The first-order valence-electron chi connectivity index (χ1n) is 8.47. The highest BCUT2D eigenvalue weighted by atomic mass is 32.2. The Hall–Kier alpha value is -2.66. The summed E-state index contributed by atoms with van der Waals surface area (Å²) in [6, 6.07) is 3.74. The zero-order chi connectivity index (χ0) is 20.8. The fourth-order valence-corrected chi connectivity index (χ4v) is 3.53. The van der Waals surface area contributed by atoms with Gasteiger partial charge in [0.15, 0.2) is 6.61 Å². The topological polar surface area (TPSA) is 142 Å². The molecule has 2 atom stereocenters. The van der Waals surface area contributed by atoms with Crippen LogP contribution in [0.4, 0.5) is 5.69 Å². The lowest BCUT2D eigenvalue weighted by molar-refractivity contribution is -0.387. The van der Waals surface area contributed by atoms with E-state index in [2.05, 4.69) is 0 Å². The van der Waals surface area contributed by atoms with Crippen LogP contribution in [0.15, 0.2) is 23.1 Å². The number of rotatable bonds is 7. The van der Waals surface area contributed by atoms with Gasteiger partial charge in [0.2, 0.25) is 5.91 Å². The average Bonchev–Trinajstić information content (AvgIpc) is 2.63. The second-order valence-electron chi connectivity index (χ2n) is 6.31. The van der Waals surface area contributed by atoms with Gasteiger partial charge in [0.1, 0.15) is 0 Å². The number of benzene rings is 1. The van der Waals surface area contributed by atoms with Crippen molar-refractivity contribution in [1.29, 1.82) is 0 Å². The monoisotopic (exact) mass is 411 g/mol. The number of nitro groups is 1. The van der Waals surface area contributed by atoms with Crippen LogP contribution >= 0.6 is 11.8 Å². The first-order chi connectivity index (χ1) is 13.2. The molecule has 1 heterocycles. The van der Waals surface area contributed by atoms with Crippen LogP contribution in [-0.4, -0.2) is 65.3 Å². The fraction of sp³-hybridized carbons (Fsp3) is 0.471. The van der Waals surface area contributed by atoms with Crippen molar-refractivity contribution < 1.29 is 28.8 Å². The second-order valence-corrected chi connectivity index (χ2v) is 7.33. The average molecular weight is 411 g/mol. The lowest BCUT2D eigenvalue weighted by Crippen LogP contribution is -2.49. The van der Waals surface area contributed by atoms with Crippen molar-refractivity contribution in [2.24, 2.45) is 5.73 Å². The zero-order valence-electron chi connectivity index (χ0n) is 15.5. The zero-order valence-corrected chi connectivity index (χ0v) is 16.3. The molecule has 10 nitrogen and oxygen atoms in total. The van der Waals surface area contributed by atoms with Crippen molar-refractivity contribution >= 4 is 35.2 Å². The van der Waals surface area contributed by atoms with Gasteiger partial charge in [0.25, 0.3) is 11.6 Å². The maximum atomic E-state index is 12.2. The summed E-state index contributed by atoms with van der Waals surface area (Å²) in [6.07, 6.45) is -0.189. The van der Waals surface area contributed by atoms with Gasteiger partial charge >= 0.3 is 5.97 Å². The minimum absolute atomic E-state index is 0.00167. The van der Waals surface area contributed by atoms with Crippen LogP contribution in [-0.2, 0) is 19.1 Å². The third-order valence-corrected chi connectivity index (χ3v) is 4.95. The number of nitrogens with two attached hydrogens (primary N) is 1. The molecule has 1 fully saturated rings. The van der Waals surface area contributed by atoms with E-state index < -0.39 is 23.4 Å². The molecule has 0 radical (unpaired) electrons. The number of hydrogen-bond donors (Lipinski definition) is 1. The van der Waals surface area contributed by atoms with Crippen LogP contribution in [0.5, 0.6) is 0 Å². The van der Waals surface area contributed by atoms with Gasteiger partial charge in [-0.05, 0) is 26.0 Å². The highest BCUT2D eigenvalue weighted by molar-refractivity contribution is 8.00. The Labute approximate surface area is 165 Å². The third-order valence-electron chi connectivity index (χ3n) is 3.91. The lowest BCUT2D eigenvalue weighted by Gasteiger charge is -2.35. The summed E-state index contributed by atoms with van der Waals surface area (Å²) >= 11 is 0.879. The number of morpholine rings is 1. The lowest BCUT2D eigenvalue weighted by atomic mass is 10.2. The molecule has 0 spiro atoms. The molecule has 0 unspecified atom stereocenters. The van der Waals surface area contributed by atoms with Crippen molar-refractivity contribution in [3.63, 3.8) is 0 Å². The summed E-state index contributed by atoms with van der Waals surface area (Å²) in [5.41, 5.74) is 4.78. The number of primary amides is 1. The number of esters is 1. The summed E-state index contributed by atoms with van der Waals surface area (Å²) in [4.78, 5) is 47.5. The number of carbonyl (C=O) groups is 3. The molecule has 0 saturated carbocycles. The predicted octanol–water partition coefficient (Wildman–Crippen LogP) is 0.965. The molecule has 1 aromatic rings. The minimum atomic E-state index is -0.788. The Bertz CT molecular complexity index is 776. The summed E-state index contributed by atoms with van der Waals surface area (Å²) in [5.74, 6) is -2.01. The Kier molecular flexibility index (Phi) is 7.35. The Morgan fingerprint density at radius 3 is 2.54 bits per heavy atom. The number of ether oxygens (including phenoxy) is 2. The molecule has 1 aromatic carbocycles. The second kappa shape index (κ2) is 9.51. The van der Waals surface area contributed by atoms with Gasteiger partial charge in [0.05, 0.1) is 27.8 Å². The molecule has 2 N–H and O–H groups in total. The highest BCUT2D eigenvalue weighted by Gasteiger charge is 2.26. The number of nitro benzene ring substituents is 1. The molecule has 152 valence electrons. The van der Waals surface area contributed by atoms with E-state index in [1.54, 1.807) is 4.90 Å². The van der Waals surface area contributed by atoms with Crippen LogP contribution in [0.25, 0.3) is 0 Å². The van der Waals surface area contributed by atoms with Gasteiger partial charge in [0, 0.05) is 24.7 Å². The summed E-state index contributed by atoms with van der Waals surface area (Å²) < 4.78 is 10.5. The fourth-order valence-electron chi connectivity index (χ4n) is 2.73. The molecule has 0 aromatic heterocycles. The quantitative estimate of drug-likeness (QED) is 0.303. The van der Waals surface area contributed by atoms with Crippen LogP contribution < -0.4 is 5.73 Å². The van der Waals surface area contributed by atoms with Crippen LogP contribution in [0.2, 0.25) is 0 Å². The molecule has 0 aliphatic carbocycles. The van der Waals surface area contributed by atoms with Gasteiger partial charge in [-0.2, -0.15) is 0 Å². The number of carbonyl (C=O) groups excluding carboxylic acids is 3. The van der Waals surface area contributed by atoms with Gasteiger partial charge < -0.3 is 20.1 Å². The van der Waals surface area contributed by atoms with Gasteiger partial charge in [-0.3, -0.25) is 24.5 Å². The molecule has 1 saturated heterocycles. The minimum Gasteiger partial charge on any atom is -0.455 e. The van der Waals surface area contributed by atoms with Gasteiger partial charge in [-0.25, -0.2) is 0 Å². The molecule has 11 heteroatoms. The van der Waals surface area contributed by atoms with Crippen LogP contribution in [0.1, 0.15) is 24.2 Å². The smallest absolute Gasteiger partial charge is 0.316 e. The van der Waals surface area contributed by atoms with Crippen LogP contribution in [0, 0.1) is 10.1 Å². The van der Waals surface area contributed by atoms with Gasteiger partial charge in [-0.1, -0.05) is 0 Å². The van der Waals surface area contributed by atoms with Crippen molar-refractivity contribution in [3.8, 4) is 0 Å². The number of hydrogen-bond acceptors (Lipinski definition) is 8. The maximum absolute atomic E-state index is 12.2. The number of thioether (sulfide) groups is 1. The molecular weight excluding hydrogens is 390 g/mol. The standard InChI is InChI=1S/C17H21N3O7S/c1-10-6-19(7-11(2)27-10)15(21)8-26-16(22)9-28-14-4-3-12(17(18)23)5-13(14)20(24)25/h3-5,10-11H,6-9H2,1-2H3,(H2,18,23)/t10-,11-/m0/s1. The number of nitrogens with zero attached hydrogens (tertiary/aromatic N) is 2. The van der Waals surface area contributed by atoms with E-state index in [1.807, 2.05) is 13.8 Å². The summed E-state index contributed by atoms with van der Waals surface area (Å²) in [6.45, 7) is 4.16. The van der Waals surface area contributed by atoms with E-state index >= 15 is 0 Å². The van der Waals surface area contributed by atoms with E-state index in [1.165, 1.54) is 12.1 Å². The SMILES string of the molecule is C[C@H]1CN(C(=O)COC(=O)CSc2ccc(C(N)=O)cc2[N+](=O)[O-])C[C@H](C)O1. The summed E-state index contributed by atoms with van der Waals surface area (Å²) in [7, 11) is 0. The Morgan fingerprint density at radius 2 is 1.96 bits per heavy atom.